The highest BCUT2D eigenvalue weighted by Gasteiger charge is 2.08. The Morgan fingerprint density at radius 1 is 1.24 bits per heavy atom. The Labute approximate surface area is 122 Å². The van der Waals surface area contributed by atoms with Crippen molar-refractivity contribution < 1.29 is 14.3 Å². The van der Waals surface area contributed by atoms with Crippen LogP contribution in [-0.4, -0.2) is 35.3 Å². The third-order valence-corrected chi connectivity index (χ3v) is 2.95. The van der Waals surface area contributed by atoms with Gasteiger partial charge in [0.1, 0.15) is 0 Å². The Balaban J connectivity index is 2.05. The second kappa shape index (κ2) is 6.69. The van der Waals surface area contributed by atoms with Crippen molar-refractivity contribution in [3.8, 4) is 0 Å². The summed E-state index contributed by atoms with van der Waals surface area (Å²) in [5.41, 5.74) is 2.01. The van der Waals surface area contributed by atoms with E-state index in [2.05, 4.69) is 15.2 Å². The molecule has 0 saturated heterocycles. The fraction of sp³-hybridized carbons (Fsp3) is 0.267. The molecule has 0 saturated carbocycles. The lowest BCUT2D eigenvalue weighted by atomic mass is 10.1. The number of hydrogen-bond acceptors (Lipinski definition) is 4. The van der Waals surface area contributed by atoms with Gasteiger partial charge in [0.05, 0.1) is 31.0 Å². The van der Waals surface area contributed by atoms with E-state index in [9.17, 15) is 9.59 Å². The third kappa shape index (κ3) is 3.68. The first-order chi connectivity index (χ1) is 10.1. The molecule has 2 aromatic rings. The predicted octanol–water partition coefficient (Wildman–Crippen LogP) is 1.47. The standard InChI is InChI=1S/C15H17N3O3/c1-3-16-14(19)13-8-17-18(10-13)9-11-4-6-12(7-5-11)15(20)21-2/h4-8,10H,3,9H2,1-2H3,(H,16,19). The lowest BCUT2D eigenvalue weighted by Gasteiger charge is -2.03. The number of benzene rings is 1. The fourth-order valence-electron chi connectivity index (χ4n) is 1.88. The lowest BCUT2D eigenvalue weighted by Crippen LogP contribution is -2.22. The first-order valence-corrected chi connectivity index (χ1v) is 6.62. The van der Waals surface area contributed by atoms with Crippen molar-refractivity contribution in [1.29, 1.82) is 0 Å². The third-order valence-electron chi connectivity index (χ3n) is 2.95. The molecule has 1 aromatic heterocycles. The van der Waals surface area contributed by atoms with Crippen LogP contribution in [0.4, 0.5) is 0 Å². The maximum Gasteiger partial charge on any atom is 0.337 e. The van der Waals surface area contributed by atoms with Gasteiger partial charge in [0, 0.05) is 12.7 Å². The second-order valence-electron chi connectivity index (χ2n) is 4.47. The number of amides is 1. The predicted molar refractivity (Wildman–Crippen MR) is 77.1 cm³/mol. The number of hydrogen-bond donors (Lipinski definition) is 1. The molecular weight excluding hydrogens is 270 g/mol. The van der Waals surface area contributed by atoms with E-state index in [0.717, 1.165) is 5.56 Å². The first kappa shape index (κ1) is 14.8. The minimum Gasteiger partial charge on any atom is -0.465 e. The number of aromatic nitrogens is 2. The SMILES string of the molecule is CCNC(=O)c1cnn(Cc2ccc(C(=O)OC)cc2)c1. The van der Waals surface area contributed by atoms with Crippen LogP contribution in [0.2, 0.25) is 0 Å². The molecule has 0 fully saturated rings. The average molecular weight is 287 g/mol. The van der Waals surface area contributed by atoms with Crippen molar-refractivity contribution in [3.63, 3.8) is 0 Å². The highest BCUT2D eigenvalue weighted by atomic mass is 16.5. The van der Waals surface area contributed by atoms with Crippen LogP contribution in [0.3, 0.4) is 0 Å². The molecule has 2 rings (SSSR count). The topological polar surface area (TPSA) is 73.2 Å². The van der Waals surface area contributed by atoms with Crippen LogP contribution in [0.5, 0.6) is 0 Å². The van der Waals surface area contributed by atoms with Crippen LogP contribution in [0.15, 0.2) is 36.7 Å². The van der Waals surface area contributed by atoms with Gasteiger partial charge in [0.2, 0.25) is 0 Å². The Morgan fingerprint density at radius 2 is 1.95 bits per heavy atom. The zero-order valence-corrected chi connectivity index (χ0v) is 12.0. The van der Waals surface area contributed by atoms with Crippen LogP contribution in [0, 0.1) is 0 Å². The molecule has 1 aromatic carbocycles. The number of nitrogens with one attached hydrogen (secondary N) is 1. The van der Waals surface area contributed by atoms with Gasteiger partial charge in [-0.05, 0) is 24.6 Å². The summed E-state index contributed by atoms with van der Waals surface area (Å²) in [6.07, 6.45) is 3.23. The molecule has 0 spiro atoms. The van der Waals surface area contributed by atoms with Crippen molar-refractivity contribution in [2.75, 3.05) is 13.7 Å². The van der Waals surface area contributed by atoms with Crippen molar-refractivity contribution in [3.05, 3.63) is 53.3 Å². The number of carbonyl (C=O) groups excluding carboxylic acids is 2. The summed E-state index contributed by atoms with van der Waals surface area (Å²) in [5.74, 6) is -0.496. The van der Waals surface area contributed by atoms with E-state index in [-0.39, 0.29) is 11.9 Å². The molecule has 0 atom stereocenters. The van der Waals surface area contributed by atoms with Crippen molar-refractivity contribution in [2.45, 2.75) is 13.5 Å². The molecule has 6 heteroatoms. The number of carbonyl (C=O) groups is 2. The summed E-state index contributed by atoms with van der Waals surface area (Å²) in [6.45, 7) is 2.98. The number of rotatable bonds is 5. The zero-order valence-electron chi connectivity index (χ0n) is 12.0. The molecule has 0 unspecified atom stereocenters. The van der Waals surface area contributed by atoms with Gasteiger partial charge in [-0.2, -0.15) is 5.10 Å². The summed E-state index contributed by atoms with van der Waals surface area (Å²) >= 11 is 0. The van der Waals surface area contributed by atoms with Crippen molar-refractivity contribution in [1.82, 2.24) is 15.1 Å². The number of nitrogens with zero attached hydrogens (tertiary/aromatic N) is 2. The van der Waals surface area contributed by atoms with Gasteiger partial charge in [-0.1, -0.05) is 12.1 Å². The van der Waals surface area contributed by atoms with Gasteiger partial charge in [0.15, 0.2) is 0 Å². The van der Waals surface area contributed by atoms with Crippen LogP contribution in [-0.2, 0) is 11.3 Å². The van der Waals surface area contributed by atoms with Crippen LogP contribution in [0.1, 0.15) is 33.2 Å². The molecule has 0 aliphatic carbocycles. The van der Waals surface area contributed by atoms with Gasteiger partial charge in [-0.3, -0.25) is 9.48 Å². The number of methoxy groups -OCH3 is 1. The van der Waals surface area contributed by atoms with Gasteiger partial charge in [-0.15, -0.1) is 0 Å². The van der Waals surface area contributed by atoms with E-state index in [1.165, 1.54) is 13.3 Å². The highest BCUT2D eigenvalue weighted by Crippen LogP contribution is 2.08. The highest BCUT2D eigenvalue weighted by molar-refractivity contribution is 5.93. The first-order valence-electron chi connectivity index (χ1n) is 6.62. The molecular formula is C15H17N3O3. The normalized spacial score (nSPS) is 10.2. The number of esters is 1. The van der Waals surface area contributed by atoms with Gasteiger partial charge < -0.3 is 10.1 Å². The Hall–Kier alpha value is -2.63. The van der Waals surface area contributed by atoms with Gasteiger partial charge >= 0.3 is 5.97 Å². The Kier molecular flexibility index (Phi) is 4.71. The molecule has 0 aliphatic heterocycles. The lowest BCUT2D eigenvalue weighted by molar-refractivity contribution is 0.0600. The van der Waals surface area contributed by atoms with Gasteiger partial charge in [-0.25, -0.2) is 4.79 Å². The van der Waals surface area contributed by atoms with E-state index in [4.69, 9.17) is 0 Å². The maximum absolute atomic E-state index is 11.6. The zero-order chi connectivity index (χ0) is 15.2. The molecule has 1 heterocycles. The molecule has 0 bridgehead atoms. The molecule has 0 aliphatic rings. The van der Waals surface area contributed by atoms with E-state index in [0.29, 0.717) is 24.2 Å². The van der Waals surface area contributed by atoms with Crippen LogP contribution >= 0.6 is 0 Å². The minimum absolute atomic E-state index is 0.134. The van der Waals surface area contributed by atoms with E-state index in [1.54, 1.807) is 23.0 Å². The molecule has 110 valence electrons. The summed E-state index contributed by atoms with van der Waals surface area (Å²) in [6, 6.07) is 7.07. The van der Waals surface area contributed by atoms with E-state index < -0.39 is 0 Å². The maximum atomic E-state index is 11.6. The summed E-state index contributed by atoms with van der Waals surface area (Å²) in [4.78, 5) is 23.0. The Bertz CT molecular complexity index is 632. The quantitative estimate of drug-likeness (QED) is 0.845. The largest absolute Gasteiger partial charge is 0.465 e. The second-order valence-corrected chi connectivity index (χ2v) is 4.47. The summed E-state index contributed by atoms with van der Waals surface area (Å²) in [7, 11) is 1.35. The van der Waals surface area contributed by atoms with Crippen molar-refractivity contribution >= 4 is 11.9 Å². The van der Waals surface area contributed by atoms with Crippen LogP contribution in [0.25, 0.3) is 0 Å². The average Bonchev–Trinajstić information content (AvgIpc) is 2.96. The van der Waals surface area contributed by atoms with Gasteiger partial charge in [0.25, 0.3) is 5.91 Å². The monoisotopic (exact) mass is 287 g/mol. The van der Waals surface area contributed by atoms with Crippen LogP contribution < -0.4 is 5.32 Å². The smallest absolute Gasteiger partial charge is 0.337 e. The summed E-state index contributed by atoms with van der Waals surface area (Å²) < 4.78 is 6.32. The number of ether oxygens (including phenoxy) is 1. The molecule has 0 radical (unpaired) electrons. The molecule has 1 N–H and O–H groups in total. The molecule has 1 amide bonds. The van der Waals surface area contributed by atoms with Crippen molar-refractivity contribution in [2.24, 2.45) is 0 Å². The Morgan fingerprint density at radius 3 is 2.57 bits per heavy atom. The summed E-state index contributed by atoms with van der Waals surface area (Å²) in [5, 5.41) is 6.87. The van der Waals surface area contributed by atoms with E-state index >= 15 is 0 Å². The minimum atomic E-state index is -0.362. The molecule has 6 nitrogen and oxygen atoms in total. The molecule has 21 heavy (non-hydrogen) atoms. The van der Waals surface area contributed by atoms with E-state index in [1.807, 2.05) is 19.1 Å². The fourth-order valence-corrected chi connectivity index (χ4v) is 1.88.